The lowest BCUT2D eigenvalue weighted by molar-refractivity contribution is -0.149. The maximum atomic E-state index is 12.9. The van der Waals surface area contributed by atoms with Crippen molar-refractivity contribution in [3.05, 3.63) is 29.0 Å². The van der Waals surface area contributed by atoms with Crippen molar-refractivity contribution < 1.29 is 23.8 Å². The van der Waals surface area contributed by atoms with Gasteiger partial charge in [0.15, 0.2) is 6.61 Å². The number of carbonyl (C=O) groups excluding carboxylic acids is 1. The zero-order chi connectivity index (χ0) is 15.4. The number of morpholine rings is 1. The minimum absolute atomic E-state index is 0.117. The number of amides is 1. The number of benzene rings is 1. The lowest BCUT2D eigenvalue weighted by Crippen LogP contribution is -2.51. The van der Waals surface area contributed by atoms with E-state index < -0.39 is 5.82 Å². The predicted octanol–water partition coefficient (Wildman–Crippen LogP) is 1.47. The van der Waals surface area contributed by atoms with Gasteiger partial charge >= 0.3 is 0 Å². The molecule has 1 aromatic carbocycles. The third-order valence-electron chi connectivity index (χ3n) is 3.13. The second kappa shape index (κ2) is 7.06. The molecule has 0 bridgehead atoms. The third-order valence-corrected chi connectivity index (χ3v) is 3.42. The van der Waals surface area contributed by atoms with Crippen LogP contribution in [0.4, 0.5) is 4.39 Å². The van der Waals surface area contributed by atoms with E-state index in [9.17, 15) is 9.18 Å². The Morgan fingerprint density at radius 3 is 3.00 bits per heavy atom. The Morgan fingerprint density at radius 1 is 1.57 bits per heavy atom. The number of aliphatic hydroxyl groups excluding tert-OH is 1. The number of ether oxygens (including phenoxy) is 2. The Morgan fingerprint density at radius 2 is 2.33 bits per heavy atom. The molecule has 2 atom stereocenters. The van der Waals surface area contributed by atoms with Gasteiger partial charge in [-0.15, -0.1) is 0 Å². The molecule has 1 aliphatic rings. The molecular weight excluding hydrogens is 301 g/mol. The quantitative estimate of drug-likeness (QED) is 0.913. The van der Waals surface area contributed by atoms with Crippen molar-refractivity contribution in [2.75, 3.05) is 26.3 Å². The number of hydrogen-bond donors (Lipinski definition) is 1. The predicted molar refractivity (Wildman–Crippen MR) is 74.9 cm³/mol. The molecule has 2 unspecified atom stereocenters. The fraction of sp³-hybridized carbons (Fsp3) is 0.500. The fourth-order valence-electron chi connectivity index (χ4n) is 2.17. The molecule has 1 N–H and O–H groups in total. The number of hydrogen-bond acceptors (Lipinski definition) is 4. The normalized spacial score (nSPS) is 22.2. The Balaban J connectivity index is 1.92. The summed E-state index contributed by atoms with van der Waals surface area (Å²) in [7, 11) is 0. The topological polar surface area (TPSA) is 59.0 Å². The van der Waals surface area contributed by atoms with Crippen LogP contribution in [0.25, 0.3) is 0 Å². The first-order chi connectivity index (χ1) is 9.99. The van der Waals surface area contributed by atoms with Gasteiger partial charge in [0, 0.05) is 13.1 Å². The molecule has 21 heavy (non-hydrogen) atoms. The lowest BCUT2D eigenvalue weighted by Gasteiger charge is -2.36. The van der Waals surface area contributed by atoms with Crippen molar-refractivity contribution in [1.82, 2.24) is 4.90 Å². The largest absolute Gasteiger partial charge is 0.482 e. The number of rotatable bonds is 4. The van der Waals surface area contributed by atoms with E-state index in [1.165, 1.54) is 12.1 Å². The van der Waals surface area contributed by atoms with Crippen molar-refractivity contribution in [3.63, 3.8) is 0 Å². The highest BCUT2D eigenvalue weighted by Gasteiger charge is 2.28. The van der Waals surface area contributed by atoms with Crippen LogP contribution in [0.15, 0.2) is 18.2 Å². The van der Waals surface area contributed by atoms with E-state index in [0.29, 0.717) is 13.1 Å². The molecule has 5 nitrogen and oxygen atoms in total. The first kappa shape index (κ1) is 16.0. The molecule has 2 rings (SSSR count). The first-order valence-corrected chi connectivity index (χ1v) is 6.99. The molecule has 116 valence electrons. The van der Waals surface area contributed by atoms with Crippen LogP contribution >= 0.6 is 11.6 Å². The van der Waals surface area contributed by atoms with Crippen LogP contribution in [0.1, 0.15) is 6.92 Å². The van der Waals surface area contributed by atoms with Gasteiger partial charge in [-0.05, 0) is 25.1 Å². The molecule has 0 saturated carbocycles. The number of carbonyl (C=O) groups is 1. The van der Waals surface area contributed by atoms with Crippen molar-refractivity contribution in [2.24, 2.45) is 0 Å². The molecule has 1 saturated heterocycles. The zero-order valence-electron chi connectivity index (χ0n) is 11.6. The molecular formula is C14H17ClFNO4. The Labute approximate surface area is 127 Å². The maximum absolute atomic E-state index is 12.9. The van der Waals surface area contributed by atoms with Gasteiger partial charge in [-0.2, -0.15) is 0 Å². The summed E-state index contributed by atoms with van der Waals surface area (Å²) in [5.74, 6) is -0.443. The monoisotopic (exact) mass is 317 g/mol. The van der Waals surface area contributed by atoms with Crippen molar-refractivity contribution in [2.45, 2.75) is 19.1 Å². The summed E-state index contributed by atoms with van der Waals surface area (Å²) in [5, 5.41) is 9.25. The van der Waals surface area contributed by atoms with E-state index in [2.05, 4.69) is 0 Å². The van der Waals surface area contributed by atoms with Gasteiger partial charge in [-0.1, -0.05) is 11.6 Å². The third kappa shape index (κ3) is 4.30. The summed E-state index contributed by atoms with van der Waals surface area (Å²) in [6.07, 6.45) is -0.527. The Kier molecular flexibility index (Phi) is 5.39. The average Bonchev–Trinajstić information content (AvgIpc) is 2.45. The van der Waals surface area contributed by atoms with E-state index in [-0.39, 0.29) is 42.1 Å². The summed E-state index contributed by atoms with van der Waals surface area (Å²) in [6, 6.07) is 3.72. The van der Waals surface area contributed by atoms with Crippen molar-refractivity contribution >= 4 is 17.5 Å². The smallest absolute Gasteiger partial charge is 0.260 e. The fourth-order valence-corrected chi connectivity index (χ4v) is 2.39. The van der Waals surface area contributed by atoms with E-state index in [4.69, 9.17) is 26.2 Å². The van der Waals surface area contributed by atoms with Crippen molar-refractivity contribution in [3.8, 4) is 5.75 Å². The van der Waals surface area contributed by atoms with Gasteiger partial charge in [-0.3, -0.25) is 4.79 Å². The average molecular weight is 318 g/mol. The Hall–Kier alpha value is -1.37. The molecule has 0 radical (unpaired) electrons. The van der Waals surface area contributed by atoms with Crippen LogP contribution in [0.3, 0.4) is 0 Å². The van der Waals surface area contributed by atoms with Crippen molar-refractivity contribution in [1.29, 1.82) is 0 Å². The van der Waals surface area contributed by atoms with Crippen LogP contribution in [0.2, 0.25) is 5.02 Å². The summed E-state index contributed by atoms with van der Waals surface area (Å²) < 4.78 is 23.7. The highest BCUT2D eigenvalue weighted by Crippen LogP contribution is 2.25. The summed E-state index contributed by atoms with van der Waals surface area (Å²) in [6.45, 7) is 2.25. The minimum atomic E-state index is -0.466. The summed E-state index contributed by atoms with van der Waals surface area (Å²) in [5.41, 5.74) is 0. The van der Waals surface area contributed by atoms with Crippen LogP contribution in [0.5, 0.6) is 5.75 Å². The molecule has 0 aliphatic carbocycles. The number of nitrogens with zero attached hydrogens (tertiary/aromatic N) is 1. The highest BCUT2D eigenvalue weighted by atomic mass is 35.5. The molecule has 0 aromatic heterocycles. The summed E-state index contributed by atoms with van der Waals surface area (Å²) >= 11 is 5.82. The second-order valence-corrected chi connectivity index (χ2v) is 5.32. The first-order valence-electron chi connectivity index (χ1n) is 6.61. The zero-order valence-corrected chi connectivity index (χ0v) is 12.3. The van der Waals surface area contributed by atoms with Crippen LogP contribution in [0, 0.1) is 5.82 Å². The van der Waals surface area contributed by atoms with Gasteiger partial charge in [0.2, 0.25) is 0 Å². The molecule has 1 amide bonds. The standard InChI is InChI=1S/C14H17ClFNO4/c1-9-5-17(6-11(7-18)21-9)14(19)8-20-13-3-2-10(16)4-12(13)15/h2-4,9,11,18H,5-8H2,1H3. The van der Waals surface area contributed by atoms with Gasteiger partial charge in [-0.25, -0.2) is 4.39 Å². The van der Waals surface area contributed by atoms with Gasteiger partial charge in [0.25, 0.3) is 5.91 Å². The van der Waals surface area contributed by atoms with E-state index >= 15 is 0 Å². The lowest BCUT2D eigenvalue weighted by atomic mass is 10.2. The van der Waals surface area contributed by atoms with Crippen LogP contribution < -0.4 is 4.74 Å². The molecule has 1 aliphatic heterocycles. The van der Waals surface area contributed by atoms with E-state index in [1.807, 2.05) is 6.92 Å². The van der Waals surface area contributed by atoms with Gasteiger partial charge in [0.05, 0.1) is 23.8 Å². The minimum Gasteiger partial charge on any atom is -0.482 e. The highest BCUT2D eigenvalue weighted by molar-refractivity contribution is 6.32. The number of halogens is 2. The SMILES string of the molecule is CC1CN(C(=O)COc2ccc(F)cc2Cl)CC(CO)O1. The molecule has 1 aromatic rings. The second-order valence-electron chi connectivity index (χ2n) is 4.91. The van der Waals surface area contributed by atoms with Gasteiger partial charge in [0.1, 0.15) is 11.6 Å². The molecule has 1 fully saturated rings. The van der Waals surface area contributed by atoms with Gasteiger partial charge < -0.3 is 19.5 Å². The molecule has 1 heterocycles. The molecule has 0 spiro atoms. The Bertz CT molecular complexity index is 514. The van der Waals surface area contributed by atoms with Crippen LogP contribution in [-0.4, -0.2) is 54.4 Å². The van der Waals surface area contributed by atoms with E-state index in [0.717, 1.165) is 6.07 Å². The maximum Gasteiger partial charge on any atom is 0.260 e. The van der Waals surface area contributed by atoms with Crippen LogP contribution in [-0.2, 0) is 9.53 Å². The van der Waals surface area contributed by atoms with E-state index in [1.54, 1.807) is 4.90 Å². The number of aliphatic hydroxyl groups is 1. The molecule has 7 heteroatoms. The summed E-state index contributed by atoms with van der Waals surface area (Å²) in [4.78, 5) is 13.7.